The third kappa shape index (κ3) is 5.66. The highest BCUT2D eigenvalue weighted by atomic mass is 16.5. The number of anilines is 6. The SMILES string of the molecule is COCC1CN(C)CCN1c1ccc(Nc2ncc(C#N)c(Nc3cccc(N4CCCC4=O)n3)n2)cc1. The molecule has 1 unspecified atom stereocenters. The van der Waals surface area contributed by atoms with Gasteiger partial charge in [-0.05, 0) is 49.9 Å². The Hall–Kier alpha value is -4.27. The molecule has 2 aromatic heterocycles. The summed E-state index contributed by atoms with van der Waals surface area (Å²) in [6.45, 7) is 4.22. The first-order valence-electron chi connectivity index (χ1n) is 12.7. The molecule has 1 amide bonds. The molecule has 2 N–H and O–H groups in total. The number of methoxy groups -OCH3 is 1. The smallest absolute Gasteiger partial charge is 0.229 e. The Kier molecular flexibility index (Phi) is 7.62. The lowest BCUT2D eigenvalue weighted by Crippen LogP contribution is -2.53. The Labute approximate surface area is 222 Å². The summed E-state index contributed by atoms with van der Waals surface area (Å²) in [4.78, 5) is 31.9. The normalized spacial score (nSPS) is 17.9. The molecule has 4 heterocycles. The van der Waals surface area contributed by atoms with Crippen molar-refractivity contribution in [2.75, 3.05) is 67.4 Å². The molecule has 5 rings (SSSR count). The molecule has 11 heteroatoms. The molecule has 0 saturated carbocycles. The van der Waals surface area contributed by atoms with Crippen LogP contribution in [0.15, 0.2) is 48.7 Å². The molecule has 2 aliphatic heterocycles. The number of likely N-dealkylation sites (N-methyl/N-ethyl adjacent to an activating group) is 1. The summed E-state index contributed by atoms with van der Waals surface area (Å²) in [6, 6.07) is 15.9. The Balaban J connectivity index is 1.30. The summed E-state index contributed by atoms with van der Waals surface area (Å²) in [5.74, 6) is 1.82. The summed E-state index contributed by atoms with van der Waals surface area (Å²) in [5, 5.41) is 15.9. The van der Waals surface area contributed by atoms with Crippen LogP contribution in [0, 0.1) is 11.3 Å². The molecule has 196 valence electrons. The standard InChI is InChI=1S/C27H31N9O2/c1-34-13-14-35(22(17-34)18-38-2)21-10-8-20(9-11-21)30-27-29-16-19(15-28)26(33-27)32-23-5-3-6-24(31-23)36-12-4-7-25(36)37/h3,5-6,8-11,16,22H,4,7,12-14,17-18H2,1-2H3,(H2,29,30,31,32,33). The third-order valence-electron chi connectivity index (χ3n) is 6.74. The van der Waals surface area contributed by atoms with Crippen LogP contribution in [0.4, 0.5) is 34.8 Å². The number of nitriles is 1. The lowest BCUT2D eigenvalue weighted by molar-refractivity contribution is -0.117. The van der Waals surface area contributed by atoms with Crippen molar-refractivity contribution in [2.45, 2.75) is 18.9 Å². The van der Waals surface area contributed by atoms with Crippen LogP contribution in [0.3, 0.4) is 0 Å². The van der Waals surface area contributed by atoms with E-state index >= 15 is 0 Å². The van der Waals surface area contributed by atoms with Gasteiger partial charge in [-0.25, -0.2) is 9.97 Å². The van der Waals surface area contributed by atoms with E-state index in [0.717, 1.165) is 37.4 Å². The number of pyridine rings is 1. The number of nitrogens with one attached hydrogen (secondary N) is 2. The predicted molar refractivity (Wildman–Crippen MR) is 146 cm³/mol. The van der Waals surface area contributed by atoms with Crippen LogP contribution in [0.1, 0.15) is 18.4 Å². The molecule has 0 bridgehead atoms. The molecule has 1 atom stereocenters. The number of rotatable bonds is 8. The van der Waals surface area contributed by atoms with E-state index < -0.39 is 0 Å². The summed E-state index contributed by atoms with van der Waals surface area (Å²) in [5.41, 5.74) is 2.25. The van der Waals surface area contributed by atoms with E-state index in [-0.39, 0.29) is 11.5 Å². The van der Waals surface area contributed by atoms with Crippen LogP contribution in [0.25, 0.3) is 0 Å². The number of ether oxygens (including phenoxy) is 1. The number of piperazine rings is 1. The number of hydrogen-bond acceptors (Lipinski definition) is 10. The first kappa shape index (κ1) is 25.4. The number of nitrogens with zero attached hydrogens (tertiary/aromatic N) is 7. The predicted octanol–water partition coefficient (Wildman–Crippen LogP) is 3.12. The summed E-state index contributed by atoms with van der Waals surface area (Å²) < 4.78 is 5.45. The van der Waals surface area contributed by atoms with E-state index in [4.69, 9.17) is 4.74 Å². The molecule has 0 spiro atoms. The average molecular weight is 514 g/mol. The highest BCUT2D eigenvalue weighted by molar-refractivity contribution is 5.94. The molecule has 0 aliphatic carbocycles. The van der Waals surface area contributed by atoms with E-state index in [9.17, 15) is 10.1 Å². The minimum Gasteiger partial charge on any atom is -0.383 e. The van der Waals surface area contributed by atoms with Gasteiger partial charge in [0.15, 0.2) is 5.82 Å². The number of amides is 1. The van der Waals surface area contributed by atoms with Crippen molar-refractivity contribution in [3.8, 4) is 6.07 Å². The van der Waals surface area contributed by atoms with E-state index in [0.29, 0.717) is 49.0 Å². The zero-order valence-corrected chi connectivity index (χ0v) is 21.6. The number of benzene rings is 1. The molecular weight excluding hydrogens is 482 g/mol. The first-order chi connectivity index (χ1) is 18.5. The second-order valence-electron chi connectivity index (χ2n) is 9.46. The minimum atomic E-state index is 0.0637. The van der Waals surface area contributed by atoms with Crippen molar-refractivity contribution >= 4 is 40.7 Å². The van der Waals surface area contributed by atoms with Crippen molar-refractivity contribution in [1.82, 2.24) is 19.9 Å². The maximum absolute atomic E-state index is 12.1. The summed E-state index contributed by atoms with van der Waals surface area (Å²) >= 11 is 0. The lowest BCUT2D eigenvalue weighted by atomic mass is 10.1. The van der Waals surface area contributed by atoms with Gasteiger partial charge in [0.2, 0.25) is 11.9 Å². The fraction of sp³-hybridized carbons (Fsp3) is 0.370. The zero-order valence-electron chi connectivity index (χ0n) is 21.6. The van der Waals surface area contributed by atoms with Gasteiger partial charge in [-0.15, -0.1) is 0 Å². The highest BCUT2D eigenvalue weighted by Crippen LogP contribution is 2.26. The lowest BCUT2D eigenvalue weighted by Gasteiger charge is -2.41. The van der Waals surface area contributed by atoms with Gasteiger partial charge < -0.3 is 25.2 Å². The monoisotopic (exact) mass is 513 g/mol. The quantitative estimate of drug-likeness (QED) is 0.464. The van der Waals surface area contributed by atoms with Gasteiger partial charge in [-0.2, -0.15) is 10.2 Å². The number of hydrogen-bond donors (Lipinski definition) is 2. The zero-order chi connectivity index (χ0) is 26.5. The Morgan fingerprint density at radius 1 is 1.11 bits per heavy atom. The van der Waals surface area contributed by atoms with Crippen molar-refractivity contribution in [1.29, 1.82) is 5.26 Å². The Morgan fingerprint density at radius 2 is 1.95 bits per heavy atom. The molecule has 1 aromatic carbocycles. The topological polar surface area (TPSA) is 123 Å². The average Bonchev–Trinajstić information content (AvgIpc) is 3.36. The van der Waals surface area contributed by atoms with Crippen LogP contribution in [0.2, 0.25) is 0 Å². The van der Waals surface area contributed by atoms with Crippen molar-refractivity contribution < 1.29 is 9.53 Å². The molecule has 3 aromatic rings. The van der Waals surface area contributed by atoms with Gasteiger partial charge in [0.1, 0.15) is 23.3 Å². The number of carbonyl (C=O) groups excluding carboxylic acids is 1. The molecule has 0 radical (unpaired) electrons. The minimum absolute atomic E-state index is 0.0637. The maximum Gasteiger partial charge on any atom is 0.229 e. The molecule has 2 fully saturated rings. The maximum atomic E-state index is 12.1. The number of aromatic nitrogens is 3. The summed E-state index contributed by atoms with van der Waals surface area (Å²) in [6.07, 6.45) is 2.82. The largest absolute Gasteiger partial charge is 0.383 e. The third-order valence-corrected chi connectivity index (χ3v) is 6.74. The molecular formula is C27H31N9O2. The second-order valence-corrected chi connectivity index (χ2v) is 9.46. The Bertz CT molecular complexity index is 1320. The number of carbonyl (C=O) groups is 1. The van der Waals surface area contributed by atoms with Gasteiger partial charge in [-0.3, -0.25) is 9.69 Å². The van der Waals surface area contributed by atoms with E-state index in [1.54, 1.807) is 24.1 Å². The molecule has 2 saturated heterocycles. The van der Waals surface area contributed by atoms with Gasteiger partial charge in [-0.1, -0.05) is 6.07 Å². The van der Waals surface area contributed by atoms with E-state index in [1.807, 2.05) is 18.2 Å². The van der Waals surface area contributed by atoms with Crippen molar-refractivity contribution in [2.24, 2.45) is 0 Å². The highest BCUT2D eigenvalue weighted by Gasteiger charge is 2.25. The second kappa shape index (κ2) is 11.4. The molecule has 2 aliphatic rings. The molecule has 11 nitrogen and oxygen atoms in total. The van der Waals surface area contributed by atoms with Crippen LogP contribution < -0.4 is 20.4 Å². The van der Waals surface area contributed by atoms with E-state index in [2.05, 4.69) is 60.6 Å². The van der Waals surface area contributed by atoms with Gasteiger partial charge in [0.05, 0.1) is 18.8 Å². The van der Waals surface area contributed by atoms with Crippen LogP contribution in [-0.4, -0.2) is 78.7 Å². The first-order valence-corrected chi connectivity index (χ1v) is 12.7. The van der Waals surface area contributed by atoms with Gasteiger partial charge in [0.25, 0.3) is 0 Å². The van der Waals surface area contributed by atoms with Gasteiger partial charge in [0, 0.05) is 51.1 Å². The Morgan fingerprint density at radius 3 is 2.68 bits per heavy atom. The van der Waals surface area contributed by atoms with Crippen LogP contribution in [-0.2, 0) is 9.53 Å². The fourth-order valence-corrected chi connectivity index (χ4v) is 4.83. The summed E-state index contributed by atoms with van der Waals surface area (Å²) in [7, 11) is 3.87. The van der Waals surface area contributed by atoms with E-state index in [1.165, 1.54) is 6.20 Å². The van der Waals surface area contributed by atoms with Crippen molar-refractivity contribution in [3.63, 3.8) is 0 Å². The van der Waals surface area contributed by atoms with Crippen molar-refractivity contribution in [3.05, 3.63) is 54.2 Å². The van der Waals surface area contributed by atoms with Crippen LogP contribution in [0.5, 0.6) is 0 Å². The van der Waals surface area contributed by atoms with Gasteiger partial charge >= 0.3 is 0 Å². The fourth-order valence-electron chi connectivity index (χ4n) is 4.83. The molecule has 38 heavy (non-hydrogen) atoms. The van der Waals surface area contributed by atoms with Crippen LogP contribution >= 0.6 is 0 Å².